The zero-order valence-electron chi connectivity index (χ0n) is 18.3. The summed E-state index contributed by atoms with van der Waals surface area (Å²) >= 11 is 1.44. The third-order valence-corrected chi connectivity index (χ3v) is 6.12. The molecule has 4 rings (SSSR count). The fourth-order valence-corrected chi connectivity index (χ4v) is 4.28. The molecular weight excluding hydrogens is 422 g/mol. The number of aromatic nitrogens is 2. The van der Waals surface area contributed by atoms with E-state index in [4.69, 9.17) is 14.5 Å². The van der Waals surface area contributed by atoms with Gasteiger partial charge in [0.25, 0.3) is 5.91 Å². The smallest absolute Gasteiger partial charge is 0.267 e. The third-order valence-electron chi connectivity index (χ3n) is 5.08. The molecule has 0 saturated carbocycles. The Kier molecular flexibility index (Phi) is 6.66. The van der Waals surface area contributed by atoms with Gasteiger partial charge in [-0.3, -0.25) is 14.7 Å². The number of carbonyl (C=O) groups is 1. The minimum Gasteiger partial charge on any atom is -0.494 e. The summed E-state index contributed by atoms with van der Waals surface area (Å²) in [7, 11) is 1.61. The predicted octanol–water partition coefficient (Wildman–Crippen LogP) is 5.44. The molecule has 2 aromatic carbocycles. The van der Waals surface area contributed by atoms with Crippen LogP contribution in [0.5, 0.6) is 11.5 Å². The lowest BCUT2D eigenvalue weighted by molar-refractivity contribution is -0.120. The average Bonchev–Trinajstić information content (AvgIpc) is 3.26. The molecule has 2 aromatic heterocycles. The van der Waals surface area contributed by atoms with Crippen LogP contribution in [0.3, 0.4) is 0 Å². The van der Waals surface area contributed by atoms with Gasteiger partial charge < -0.3 is 9.47 Å². The molecule has 32 heavy (non-hydrogen) atoms. The van der Waals surface area contributed by atoms with Crippen molar-refractivity contribution in [1.82, 2.24) is 9.97 Å². The molecule has 0 aliphatic carbocycles. The summed E-state index contributed by atoms with van der Waals surface area (Å²) in [6.07, 6.45) is 1.71. The molecule has 164 valence electrons. The second-order valence-corrected chi connectivity index (χ2v) is 8.63. The molecule has 0 spiro atoms. The third kappa shape index (κ3) is 4.89. The molecule has 0 saturated heterocycles. The van der Waals surface area contributed by atoms with Crippen LogP contribution in [-0.2, 0) is 11.3 Å². The Morgan fingerprint density at radius 3 is 2.56 bits per heavy atom. The summed E-state index contributed by atoms with van der Waals surface area (Å²) < 4.78 is 12.2. The maximum Gasteiger partial charge on any atom is 0.267 e. The number of anilines is 1. The van der Waals surface area contributed by atoms with Gasteiger partial charge in [0.15, 0.2) is 11.7 Å². The number of pyridine rings is 1. The fourth-order valence-electron chi connectivity index (χ4n) is 3.28. The Morgan fingerprint density at radius 2 is 1.88 bits per heavy atom. The summed E-state index contributed by atoms with van der Waals surface area (Å²) in [6.45, 7) is 4.49. The number of amides is 1. The van der Waals surface area contributed by atoms with Crippen molar-refractivity contribution in [1.29, 1.82) is 0 Å². The van der Waals surface area contributed by atoms with Crippen LogP contribution < -0.4 is 14.4 Å². The van der Waals surface area contributed by atoms with E-state index >= 15 is 0 Å². The summed E-state index contributed by atoms with van der Waals surface area (Å²) in [6, 6.07) is 19.2. The van der Waals surface area contributed by atoms with E-state index in [9.17, 15) is 4.79 Å². The second-order valence-electron chi connectivity index (χ2n) is 7.62. The van der Waals surface area contributed by atoms with Crippen molar-refractivity contribution in [2.75, 3.05) is 18.6 Å². The summed E-state index contributed by atoms with van der Waals surface area (Å²) in [5.41, 5.74) is 2.73. The van der Waals surface area contributed by atoms with Gasteiger partial charge in [-0.1, -0.05) is 49.4 Å². The second kappa shape index (κ2) is 9.78. The molecule has 0 aliphatic heterocycles. The van der Waals surface area contributed by atoms with E-state index in [1.807, 2.05) is 60.7 Å². The summed E-state index contributed by atoms with van der Waals surface area (Å²) in [5, 5.41) is 0.582. The Bertz CT molecular complexity index is 1190. The van der Waals surface area contributed by atoms with Gasteiger partial charge in [0.1, 0.15) is 17.0 Å². The normalized spacial score (nSPS) is 11.0. The Morgan fingerprint density at radius 1 is 1.06 bits per heavy atom. The lowest BCUT2D eigenvalue weighted by Crippen LogP contribution is -2.34. The number of methoxy groups -OCH3 is 1. The monoisotopic (exact) mass is 447 g/mol. The van der Waals surface area contributed by atoms with Crippen LogP contribution in [0.25, 0.3) is 10.2 Å². The van der Waals surface area contributed by atoms with Crippen molar-refractivity contribution in [2.45, 2.75) is 26.3 Å². The SMILES string of the molecule is COc1cccc2sc(N(Cc3ccccn3)C(=O)COc3ccc(C(C)C)cc3)nc12. The van der Waals surface area contributed by atoms with Crippen LogP contribution in [0, 0.1) is 0 Å². The van der Waals surface area contributed by atoms with Crippen LogP contribution in [0.1, 0.15) is 31.0 Å². The number of rotatable bonds is 8. The number of benzene rings is 2. The van der Waals surface area contributed by atoms with Gasteiger partial charge in [-0.15, -0.1) is 0 Å². The molecule has 0 aliphatic rings. The number of para-hydroxylation sites is 1. The topological polar surface area (TPSA) is 64.5 Å². The lowest BCUT2D eigenvalue weighted by atomic mass is 10.0. The van der Waals surface area contributed by atoms with E-state index in [2.05, 4.69) is 18.8 Å². The minimum absolute atomic E-state index is 0.0963. The van der Waals surface area contributed by atoms with Crippen molar-refractivity contribution >= 4 is 32.6 Å². The lowest BCUT2D eigenvalue weighted by Gasteiger charge is -2.20. The molecule has 0 atom stereocenters. The number of hydrogen-bond donors (Lipinski definition) is 0. The van der Waals surface area contributed by atoms with E-state index in [1.165, 1.54) is 16.9 Å². The number of carbonyl (C=O) groups excluding carboxylic acids is 1. The number of hydrogen-bond acceptors (Lipinski definition) is 6. The molecule has 4 aromatic rings. The van der Waals surface area contributed by atoms with Crippen LogP contribution in [0.15, 0.2) is 66.9 Å². The Labute approximate surface area is 191 Å². The van der Waals surface area contributed by atoms with Crippen molar-refractivity contribution in [2.24, 2.45) is 0 Å². The minimum atomic E-state index is -0.193. The van der Waals surface area contributed by atoms with Gasteiger partial charge in [0, 0.05) is 6.20 Å². The molecule has 0 N–H and O–H groups in total. The van der Waals surface area contributed by atoms with Gasteiger partial charge in [0.05, 0.1) is 24.0 Å². The summed E-state index contributed by atoms with van der Waals surface area (Å²) in [4.78, 5) is 23.9. The molecule has 0 radical (unpaired) electrons. The fraction of sp³-hybridized carbons (Fsp3) is 0.240. The quantitative estimate of drug-likeness (QED) is 0.360. The van der Waals surface area contributed by atoms with Crippen molar-refractivity contribution in [3.63, 3.8) is 0 Å². The van der Waals surface area contributed by atoms with Crippen LogP contribution in [0.2, 0.25) is 0 Å². The largest absolute Gasteiger partial charge is 0.494 e. The standard InChI is InChI=1S/C25H25N3O3S/c1-17(2)18-10-12-20(13-11-18)31-16-23(29)28(15-19-7-4-5-14-26-19)25-27-24-21(30-3)8-6-9-22(24)32-25/h4-14,17H,15-16H2,1-3H3. The zero-order valence-corrected chi connectivity index (χ0v) is 19.1. The van der Waals surface area contributed by atoms with E-state index in [-0.39, 0.29) is 12.5 Å². The highest BCUT2D eigenvalue weighted by Gasteiger charge is 2.22. The Hall–Kier alpha value is -3.45. The number of nitrogens with zero attached hydrogens (tertiary/aromatic N) is 3. The van der Waals surface area contributed by atoms with E-state index in [0.717, 1.165) is 15.9 Å². The van der Waals surface area contributed by atoms with Gasteiger partial charge >= 0.3 is 0 Å². The van der Waals surface area contributed by atoms with E-state index in [0.29, 0.717) is 29.1 Å². The van der Waals surface area contributed by atoms with Gasteiger partial charge in [-0.05, 0) is 47.9 Å². The zero-order chi connectivity index (χ0) is 22.5. The molecule has 2 heterocycles. The molecule has 0 fully saturated rings. The highest BCUT2D eigenvalue weighted by Crippen LogP contribution is 2.34. The van der Waals surface area contributed by atoms with E-state index < -0.39 is 0 Å². The molecular formula is C25H25N3O3S. The van der Waals surface area contributed by atoms with Crippen molar-refractivity contribution in [3.05, 3.63) is 78.1 Å². The number of thiazole rings is 1. The maximum absolute atomic E-state index is 13.2. The average molecular weight is 448 g/mol. The summed E-state index contributed by atoms with van der Waals surface area (Å²) in [5.74, 6) is 1.58. The molecule has 0 unspecified atom stereocenters. The number of ether oxygens (including phenoxy) is 2. The first-order chi connectivity index (χ1) is 15.5. The van der Waals surface area contributed by atoms with Crippen molar-refractivity contribution < 1.29 is 14.3 Å². The van der Waals surface area contributed by atoms with E-state index in [1.54, 1.807) is 18.2 Å². The van der Waals surface area contributed by atoms with Gasteiger partial charge in [-0.25, -0.2) is 4.98 Å². The molecule has 7 heteroatoms. The number of fused-ring (bicyclic) bond motifs is 1. The molecule has 6 nitrogen and oxygen atoms in total. The van der Waals surface area contributed by atoms with Crippen LogP contribution in [0.4, 0.5) is 5.13 Å². The first kappa shape index (κ1) is 21.8. The first-order valence-corrected chi connectivity index (χ1v) is 11.2. The van der Waals surface area contributed by atoms with Crippen molar-refractivity contribution in [3.8, 4) is 11.5 Å². The highest BCUT2D eigenvalue weighted by molar-refractivity contribution is 7.22. The van der Waals surface area contributed by atoms with Crippen LogP contribution >= 0.6 is 11.3 Å². The van der Waals surface area contributed by atoms with Crippen LogP contribution in [-0.4, -0.2) is 29.6 Å². The Balaban J connectivity index is 1.58. The highest BCUT2D eigenvalue weighted by atomic mass is 32.1. The molecule has 1 amide bonds. The van der Waals surface area contributed by atoms with Gasteiger partial charge in [0.2, 0.25) is 0 Å². The molecule has 0 bridgehead atoms. The maximum atomic E-state index is 13.2. The predicted molar refractivity (Wildman–Crippen MR) is 128 cm³/mol. The first-order valence-electron chi connectivity index (χ1n) is 10.4. The van der Waals surface area contributed by atoms with Gasteiger partial charge in [-0.2, -0.15) is 0 Å².